The van der Waals surface area contributed by atoms with Gasteiger partial charge in [-0.15, -0.1) is 0 Å². The molecule has 0 spiro atoms. The van der Waals surface area contributed by atoms with Crippen LogP contribution in [0.4, 0.5) is 0 Å². The Hall–Kier alpha value is 0.0787. The van der Waals surface area contributed by atoms with Gasteiger partial charge >= 0.3 is 84.8 Å². The van der Waals surface area contributed by atoms with Crippen molar-refractivity contribution < 1.29 is 4.74 Å². The Labute approximate surface area is 84.7 Å². The summed E-state index contributed by atoms with van der Waals surface area (Å²) in [5.74, 6) is 1.23. The van der Waals surface area contributed by atoms with E-state index in [0.29, 0.717) is 6.10 Å². The van der Waals surface area contributed by atoms with Crippen LogP contribution in [-0.4, -0.2) is 24.5 Å². The maximum atomic E-state index is 5.76. The molecule has 0 aromatic carbocycles. The van der Waals surface area contributed by atoms with E-state index in [1.54, 1.807) is 0 Å². The maximum absolute atomic E-state index is 5.76. The van der Waals surface area contributed by atoms with Crippen molar-refractivity contribution in [3.8, 4) is 0 Å². The molecule has 13 heavy (non-hydrogen) atoms. The first-order valence-electron chi connectivity index (χ1n) is 5.10. The van der Waals surface area contributed by atoms with Crippen molar-refractivity contribution in [1.29, 1.82) is 0 Å². The molecule has 0 aromatic heterocycles. The van der Waals surface area contributed by atoms with Crippen LogP contribution in [-0.2, 0) is 4.74 Å². The molecule has 0 unspecified atom stereocenters. The van der Waals surface area contributed by atoms with Gasteiger partial charge in [0.1, 0.15) is 0 Å². The zero-order valence-corrected chi connectivity index (χ0v) is 11.6. The van der Waals surface area contributed by atoms with Crippen LogP contribution in [0.25, 0.3) is 0 Å². The first-order chi connectivity index (χ1) is 6.05. The second-order valence-corrected chi connectivity index (χ2v) is 20.8. The fourth-order valence-corrected chi connectivity index (χ4v) is 6.64. The Morgan fingerprint density at radius 1 is 1.38 bits per heavy atom. The van der Waals surface area contributed by atoms with Crippen LogP contribution >= 0.6 is 0 Å². The number of allylic oxidation sites excluding steroid dienone is 2. The molecule has 0 N–H and O–H groups in total. The van der Waals surface area contributed by atoms with Crippen molar-refractivity contribution in [3.05, 3.63) is 24.0 Å². The van der Waals surface area contributed by atoms with Crippen molar-refractivity contribution in [1.82, 2.24) is 0 Å². The average molecular weight is 285 g/mol. The molecule has 2 aliphatic rings. The van der Waals surface area contributed by atoms with E-state index in [2.05, 4.69) is 33.0 Å². The summed E-state index contributed by atoms with van der Waals surface area (Å²) in [7, 11) is 0. The predicted octanol–water partition coefficient (Wildman–Crippen LogP) is 3.33. The van der Waals surface area contributed by atoms with E-state index in [0.717, 1.165) is 10.4 Å². The van der Waals surface area contributed by atoms with Gasteiger partial charge in [0.2, 0.25) is 0 Å². The molecule has 0 amide bonds. The van der Waals surface area contributed by atoms with Crippen LogP contribution in [0.3, 0.4) is 0 Å². The monoisotopic (exact) mass is 286 g/mol. The van der Waals surface area contributed by atoms with Crippen molar-refractivity contribution in [3.63, 3.8) is 0 Å². The summed E-state index contributed by atoms with van der Waals surface area (Å²) in [5, 5.41) is 0. The Balaban J connectivity index is 2.20. The van der Waals surface area contributed by atoms with Gasteiger partial charge in [0.05, 0.1) is 0 Å². The summed E-state index contributed by atoms with van der Waals surface area (Å²) in [6, 6.07) is 0. The van der Waals surface area contributed by atoms with Crippen LogP contribution in [0, 0.1) is 0 Å². The number of hydrogen-bond donors (Lipinski definition) is 0. The zero-order chi connectivity index (χ0) is 9.47. The van der Waals surface area contributed by atoms with Gasteiger partial charge in [-0.1, -0.05) is 0 Å². The van der Waals surface area contributed by atoms with Crippen LogP contribution in [0.1, 0.15) is 12.8 Å². The van der Waals surface area contributed by atoms with Gasteiger partial charge in [0.15, 0.2) is 0 Å². The number of ether oxygens (including phenoxy) is 1. The van der Waals surface area contributed by atoms with Gasteiger partial charge in [-0.2, -0.15) is 0 Å². The van der Waals surface area contributed by atoms with Crippen molar-refractivity contribution in [2.75, 3.05) is 0 Å². The van der Waals surface area contributed by atoms with Crippen molar-refractivity contribution in [2.24, 2.45) is 0 Å². The third-order valence-corrected chi connectivity index (χ3v) is 10.5. The second-order valence-electron chi connectivity index (χ2n) is 5.13. The fourth-order valence-electron chi connectivity index (χ4n) is 2.00. The average Bonchev–Trinajstić information content (AvgIpc) is 2.01. The quantitative estimate of drug-likeness (QED) is 0.530. The van der Waals surface area contributed by atoms with Crippen LogP contribution in [0.5, 0.6) is 0 Å². The fraction of sp³-hybridized carbons (Fsp3) is 0.636. The van der Waals surface area contributed by atoms with Gasteiger partial charge < -0.3 is 0 Å². The minimum atomic E-state index is -1.72. The Kier molecular flexibility index (Phi) is 2.47. The zero-order valence-electron chi connectivity index (χ0n) is 8.71. The molecular weight excluding hydrogens is 267 g/mol. The van der Waals surface area contributed by atoms with Crippen LogP contribution in [0.2, 0.25) is 18.8 Å². The number of rotatable bonds is 1. The molecule has 0 aromatic rings. The van der Waals surface area contributed by atoms with Crippen molar-refractivity contribution >= 4 is 18.4 Å². The topological polar surface area (TPSA) is 9.23 Å². The summed E-state index contributed by atoms with van der Waals surface area (Å²) in [6.07, 6.45) is 9.55. The summed E-state index contributed by atoms with van der Waals surface area (Å²) in [4.78, 5) is 7.55. The van der Waals surface area contributed by atoms with E-state index >= 15 is 0 Å². The first kappa shape index (κ1) is 9.63. The molecule has 0 saturated carbocycles. The molecule has 2 atom stereocenters. The Morgan fingerprint density at radius 2 is 2.15 bits per heavy atom. The van der Waals surface area contributed by atoms with E-state index in [9.17, 15) is 0 Å². The SMILES string of the molecule is [CH3][Sn]([CH3])([CH3])[C@H]1C=C2CC=C[C@@H](C1)O2. The summed E-state index contributed by atoms with van der Waals surface area (Å²) >= 11 is -1.72. The molecule has 0 aliphatic carbocycles. The van der Waals surface area contributed by atoms with E-state index in [4.69, 9.17) is 4.74 Å². The second kappa shape index (κ2) is 3.34. The molecular formula is C11H18OSn. The van der Waals surface area contributed by atoms with Crippen molar-refractivity contribution in [2.45, 2.75) is 37.7 Å². The van der Waals surface area contributed by atoms with Gasteiger partial charge in [-0.3, -0.25) is 0 Å². The third-order valence-electron chi connectivity index (χ3n) is 2.96. The molecule has 72 valence electrons. The standard InChI is InChI=1S/C8H9O.3CH3.Sn/c1-3-7-5-2-6-8(4-1)9-7;;;;/h1-3,6-7H,4-5H2;3*1H3;/t7-;;;;/m0..../s1. The molecule has 0 fully saturated rings. The molecule has 1 nitrogen and oxygen atoms in total. The van der Waals surface area contributed by atoms with Gasteiger partial charge in [-0.25, -0.2) is 0 Å². The van der Waals surface area contributed by atoms with Crippen LogP contribution in [0.15, 0.2) is 24.0 Å². The normalized spacial score (nSPS) is 32.4. The summed E-state index contributed by atoms with van der Waals surface area (Å²) in [5.41, 5.74) is 0. The third kappa shape index (κ3) is 2.12. The molecule has 0 radical (unpaired) electrons. The molecule has 0 saturated heterocycles. The molecule has 2 bridgehead atoms. The van der Waals surface area contributed by atoms with E-state index in [-0.39, 0.29) is 0 Å². The van der Waals surface area contributed by atoms with E-state index in [1.807, 2.05) is 0 Å². The molecule has 2 rings (SSSR count). The molecule has 2 aliphatic heterocycles. The molecule has 2 heteroatoms. The van der Waals surface area contributed by atoms with E-state index < -0.39 is 18.4 Å². The van der Waals surface area contributed by atoms with Gasteiger partial charge in [0, 0.05) is 0 Å². The Bertz CT molecular complexity index is 260. The first-order valence-corrected chi connectivity index (χ1v) is 15.3. The van der Waals surface area contributed by atoms with E-state index in [1.165, 1.54) is 12.2 Å². The summed E-state index contributed by atoms with van der Waals surface area (Å²) in [6.45, 7) is 0. The predicted molar refractivity (Wildman–Crippen MR) is 58.4 cm³/mol. The molecule has 2 heterocycles. The van der Waals surface area contributed by atoms with Gasteiger partial charge in [-0.05, 0) is 0 Å². The minimum absolute atomic E-state index is 0.398. The number of hydrogen-bond acceptors (Lipinski definition) is 1. The summed E-state index contributed by atoms with van der Waals surface area (Å²) < 4.78 is 6.64. The Morgan fingerprint density at radius 3 is 2.77 bits per heavy atom. The number of fused-ring (bicyclic) bond motifs is 2. The van der Waals surface area contributed by atoms with Gasteiger partial charge in [0.25, 0.3) is 0 Å². The van der Waals surface area contributed by atoms with Crippen LogP contribution < -0.4 is 0 Å².